The minimum Gasteiger partial charge on any atom is -0.457 e. The van der Waals surface area contributed by atoms with Crippen LogP contribution in [0.25, 0.3) is 21.5 Å². The number of hydrogen-bond acceptors (Lipinski definition) is 5. The van der Waals surface area contributed by atoms with Gasteiger partial charge in [-0.1, -0.05) is 48.5 Å². The lowest BCUT2D eigenvalue weighted by Gasteiger charge is -2.10. The first-order valence-electron chi connectivity index (χ1n) is 14.2. The van der Waals surface area contributed by atoms with E-state index in [0.717, 1.165) is 38.4 Å². The van der Waals surface area contributed by atoms with Crippen molar-refractivity contribution < 1.29 is 24.5 Å². The highest BCUT2D eigenvalue weighted by Crippen LogP contribution is 2.29. The average Bonchev–Trinajstić information content (AvgIpc) is 3.03. The lowest BCUT2D eigenvalue weighted by molar-refractivity contribution is 0.102. The maximum atomic E-state index is 12.9. The number of aliphatic hydroxyl groups is 2. The molecule has 0 unspecified atom stereocenters. The molecule has 1 amide bonds. The van der Waals surface area contributed by atoms with E-state index in [1.807, 2.05) is 72.8 Å². The molecule has 43 heavy (non-hydrogen) atoms. The highest BCUT2D eigenvalue weighted by Gasteiger charge is 2.09. The normalized spacial score (nSPS) is 11.0. The van der Waals surface area contributed by atoms with Crippen molar-refractivity contribution in [2.75, 3.05) is 18.5 Å². The van der Waals surface area contributed by atoms with Gasteiger partial charge in [-0.25, -0.2) is 0 Å². The van der Waals surface area contributed by atoms with Crippen molar-refractivity contribution in [1.29, 1.82) is 0 Å². The molecule has 0 aromatic heterocycles. The number of rotatable bonds is 10. The zero-order valence-corrected chi connectivity index (χ0v) is 23.5. The molecule has 0 bridgehead atoms. The van der Waals surface area contributed by atoms with Crippen LogP contribution in [0.2, 0.25) is 0 Å². The summed E-state index contributed by atoms with van der Waals surface area (Å²) in [6.45, 7) is 0.260. The zero-order chi connectivity index (χ0) is 29.6. The van der Waals surface area contributed by atoms with Crippen molar-refractivity contribution in [3.63, 3.8) is 0 Å². The van der Waals surface area contributed by atoms with Crippen LogP contribution < -0.4 is 14.8 Å². The second-order valence-corrected chi connectivity index (χ2v) is 10.3. The summed E-state index contributed by atoms with van der Waals surface area (Å²) in [4.78, 5) is 12.9. The Morgan fingerprint density at radius 3 is 1.42 bits per heavy atom. The number of nitrogens with one attached hydrogen (secondary N) is 1. The van der Waals surface area contributed by atoms with Gasteiger partial charge in [0.1, 0.15) is 23.0 Å². The Morgan fingerprint density at radius 1 is 0.512 bits per heavy atom. The van der Waals surface area contributed by atoms with E-state index in [2.05, 4.69) is 17.4 Å². The summed E-state index contributed by atoms with van der Waals surface area (Å²) < 4.78 is 12.1. The molecule has 6 aromatic carbocycles. The van der Waals surface area contributed by atoms with E-state index in [9.17, 15) is 4.79 Å². The molecule has 0 spiro atoms. The van der Waals surface area contributed by atoms with Gasteiger partial charge in [-0.3, -0.25) is 4.79 Å². The summed E-state index contributed by atoms with van der Waals surface area (Å²) in [5, 5.41) is 25.6. The molecule has 0 atom stereocenters. The van der Waals surface area contributed by atoms with Crippen LogP contribution in [0, 0.1) is 0 Å². The molecular formula is C37H31NO5. The van der Waals surface area contributed by atoms with Crippen LogP contribution in [0.3, 0.4) is 0 Å². The molecule has 6 aromatic rings. The fraction of sp³-hybridized carbons (Fsp3) is 0.108. The van der Waals surface area contributed by atoms with E-state index in [1.54, 1.807) is 36.4 Å². The summed E-state index contributed by atoms with van der Waals surface area (Å²) >= 11 is 0. The number of fused-ring (bicyclic) bond motifs is 2. The Hall–Kier alpha value is -5.17. The summed E-state index contributed by atoms with van der Waals surface area (Å²) in [5.74, 6) is 2.50. The zero-order valence-electron chi connectivity index (χ0n) is 23.5. The fourth-order valence-electron chi connectivity index (χ4n) is 5.00. The van der Waals surface area contributed by atoms with Crippen LogP contribution in [0.5, 0.6) is 23.0 Å². The van der Waals surface area contributed by atoms with Crippen molar-refractivity contribution in [2.24, 2.45) is 0 Å². The molecule has 214 valence electrons. The molecule has 0 saturated carbocycles. The Kier molecular flexibility index (Phi) is 8.31. The molecule has 6 nitrogen and oxygen atoms in total. The van der Waals surface area contributed by atoms with Gasteiger partial charge >= 0.3 is 0 Å². The fourth-order valence-corrected chi connectivity index (χ4v) is 5.00. The Balaban J connectivity index is 1.05. The van der Waals surface area contributed by atoms with Crippen LogP contribution in [0.4, 0.5) is 5.69 Å². The molecule has 6 rings (SSSR count). The first-order chi connectivity index (χ1) is 21.1. The second-order valence-electron chi connectivity index (χ2n) is 10.3. The number of amides is 1. The van der Waals surface area contributed by atoms with Gasteiger partial charge in [-0.15, -0.1) is 0 Å². The first-order valence-corrected chi connectivity index (χ1v) is 14.2. The SMILES string of the molecule is O=C(Nc1ccc(Oc2ccc3cc(CCO)ccc3c2)cc1)c1ccc(Oc2ccc3cc(CCO)ccc3c2)cc1. The van der Waals surface area contributed by atoms with Crippen LogP contribution >= 0.6 is 0 Å². The molecule has 0 saturated heterocycles. The second kappa shape index (κ2) is 12.8. The van der Waals surface area contributed by atoms with E-state index in [4.69, 9.17) is 19.7 Å². The number of aliphatic hydroxyl groups excluding tert-OH is 2. The molecule has 0 heterocycles. The largest absolute Gasteiger partial charge is 0.457 e. The Bertz CT molecular complexity index is 1880. The molecule has 0 aliphatic rings. The van der Waals surface area contributed by atoms with Crippen LogP contribution in [-0.4, -0.2) is 29.3 Å². The number of anilines is 1. The standard InChI is InChI=1S/C37H31NO5/c39-19-17-25-1-3-30-23-35(13-7-28(30)21-25)42-33-11-5-27(6-12-33)37(41)38-32-9-15-34(16-10-32)43-36-14-8-29-22-26(18-20-40)2-4-31(29)24-36/h1-16,21-24,39-40H,17-20H2,(H,38,41). The van der Waals surface area contributed by atoms with Crippen molar-refractivity contribution in [3.05, 3.63) is 138 Å². The topological polar surface area (TPSA) is 88.0 Å². The highest BCUT2D eigenvalue weighted by atomic mass is 16.5. The molecule has 6 heteroatoms. The third kappa shape index (κ3) is 6.84. The molecule has 0 fully saturated rings. The van der Waals surface area contributed by atoms with E-state index in [0.29, 0.717) is 41.3 Å². The van der Waals surface area contributed by atoms with E-state index in [-0.39, 0.29) is 19.1 Å². The lowest BCUT2D eigenvalue weighted by Crippen LogP contribution is -2.11. The van der Waals surface area contributed by atoms with Gasteiger partial charge in [0.2, 0.25) is 0 Å². The lowest BCUT2D eigenvalue weighted by atomic mass is 10.1. The van der Waals surface area contributed by atoms with Gasteiger partial charge in [0, 0.05) is 24.5 Å². The number of benzene rings is 6. The van der Waals surface area contributed by atoms with Crippen LogP contribution in [0.1, 0.15) is 21.5 Å². The van der Waals surface area contributed by atoms with Gasteiger partial charge in [-0.2, -0.15) is 0 Å². The maximum absolute atomic E-state index is 12.9. The molecule has 0 aliphatic carbocycles. The van der Waals surface area contributed by atoms with Gasteiger partial charge in [-0.05, 0) is 118 Å². The van der Waals surface area contributed by atoms with E-state index in [1.165, 1.54) is 0 Å². The summed E-state index contributed by atoms with van der Waals surface area (Å²) in [7, 11) is 0. The molecule has 0 radical (unpaired) electrons. The number of carbonyl (C=O) groups is 1. The van der Waals surface area contributed by atoms with Gasteiger partial charge in [0.15, 0.2) is 0 Å². The third-order valence-corrected chi connectivity index (χ3v) is 7.25. The van der Waals surface area contributed by atoms with Crippen molar-refractivity contribution in [3.8, 4) is 23.0 Å². The summed E-state index contributed by atoms with van der Waals surface area (Å²) in [5.41, 5.74) is 3.37. The minimum atomic E-state index is -0.222. The highest BCUT2D eigenvalue weighted by molar-refractivity contribution is 6.04. The van der Waals surface area contributed by atoms with Gasteiger partial charge < -0.3 is 25.0 Å². The summed E-state index contributed by atoms with van der Waals surface area (Å²) in [6, 6.07) is 38.3. The van der Waals surface area contributed by atoms with E-state index >= 15 is 0 Å². The van der Waals surface area contributed by atoms with Crippen molar-refractivity contribution >= 4 is 33.1 Å². The maximum Gasteiger partial charge on any atom is 0.255 e. The number of ether oxygens (including phenoxy) is 2. The first kappa shape index (κ1) is 28.0. The van der Waals surface area contributed by atoms with Crippen LogP contribution in [-0.2, 0) is 12.8 Å². The van der Waals surface area contributed by atoms with Gasteiger partial charge in [0.25, 0.3) is 5.91 Å². The van der Waals surface area contributed by atoms with Crippen LogP contribution in [0.15, 0.2) is 121 Å². The van der Waals surface area contributed by atoms with Gasteiger partial charge in [0.05, 0.1) is 0 Å². The smallest absolute Gasteiger partial charge is 0.255 e. The number of hydrogen-bond donors (Lipinski definition) is 3. The molecule has 3 N–H and O–H groups in total. The summed E-state index contributed by atoms with van der Waals surface area (Å²) in [6.07, 6.45) is 1.27. The van der Waals surface area contributed by atoms with E-state index < -0.39 is 0 Å². The predicted molar refractivity (Wildman–Crippen MR) is 170 cm³/mol. The molecule has 0 aliphatic heterocycles. The Labute approximate surface area is 249 Å². The minimum absolute atomic E-state index is 0.129. The Morgan fingerprint density at radius 2 is 0.930 bits per heavy atom. The number of carbonyl (C=O) groups excluding carboxylic acids is 1. The van der Waals surface area contributed by atoms with Crippen molar-refractivity contribution in [2.45, 2.75) is 12.8 Å². The molecular weight excluding hydrogens is 538 g/mol. The van der Waals surface area contributed by atoms with Crippen molar-refractivity contribution in [1.82, 2.24) is 0 Å². The quantitative estimate of drug-likeness (QED) is 0.156. The monoisotopic (exact) mass is 569 g/mol. The average molecular weight is 570 g/mol. The third-order valence-electron chi connectivity index (χ3n) is 7.25. The predicted octanol–water partition coefficient (Wildman–Crippen LogP) is 7.90.